The smallest absolute Gasteiger partial charge is 0.305 e. The highest BCUT2D eigenvalue weighted by molar-refractivity contribution is 7.45. The van der Waals surface area contributed by atoms with Crippen LogP contribution in [0.25, 0.3) is 0 Å². The van der Waals surface area contributed by atoms with E-state index in [1.165, 1.54) is 25.7 Å². The van der Waals surface area contributed by atoms with E-state index in [2.05, 4.69) is 35.8 Å². The van der Waals surface area contributed by atoms with Crippen molar-refractivity contribution < 1.29 is 37.6 Å². The number of aliphatic hydroxyl groups excluding tert-OH is 1. The lowest BCUT2D eigenvalue weighted by atomic mass is 10.1. The summed E-state index contributed by atoms with van der Waals surface area (Å²) in [4.78, 5) is 23.5. The molecule has 0 saturated heterocycles. The maximum atomic E-state index is 11.8. The molecular weight excluding hydrogens is 469 g/mol. The van der Waals surface area contributed by atoms with Gasteiger partial charge in [-0.05, 0) is 38.5 Å². The zero-order valence-corrected chi connectivity index (χ0v) is 23.4. The van der Waals surface area contributed by atoms with Crippen LogP contribution >= 0.6 is 7.82 Å². The van der Waals surface area contributed by atoms with Gasteiger partial charge in [0.15, 0.2) is 0 Å². The summed E-state index contributed by atoms with van der Waals surface area (Å²) in [6.45, 7) is 1.88. The van der Waals surface area contributed by atoms with E-state index in [1.54, 1.807) is 0 Å². The number of carbonyl (C=O) groups is 1. The number of nitrogens with zero attached hydrogens (tertiary/aromatic N) is 1. The largest absolute Gasteiger partial charge is 0.756 e. The highest BCUT2D eigenvalue weighted by Gasteiger charge is 2.16. The lowest BCUT2D eigenvalue weighted by molar-refractivity contribution is -0.870. The average Bonchev–Trinajstić information content (AvgIpc) is 2.78. The second kappa shape index (κ2) is 21.1. The molecule has 0 radical (unpaired) electrons. The summed E-state index contributed by atoms with van der Waals surface area (Å²) in [5.41, 5.74) is 0. The molecule has 1 unspecified atom stereocenters. The summed E-state index contributed by atoms with van der Waals surface area (Å²) >= 11 is 0. The van der Waals surface area contributed by atoms with E-state index in [4.69, 9.17) is 9.26 Å². The maximum Gasteiger partial charge on any atom is 0.305 e. The molecule has 2 atom stereocenters. The summed E-state index contributed by atoms with van der Waals surface area (Å²) in [5, 5.41) is 9.79. The standard InChI is InChI=1S/C26H50NO7P/c1-5-6-7-8-9-10-11-12-13-14-15-16-17-18-19-20-26(29)32-23-25(28)24-34-35(30,31)33-22-21-27(2,3)4/h9-10,12-13,25,28H,5-8,11,14-24H2,1-4H3/t25-/m1/s1. The number of carbonyl (C=O) groups excluding carboxylic acids is 1. The van der Waals surface area contributed by atoms with Crippen LogP contribution in [0.4, 0.5) is 0 Å². The number of esters is 1. The van der Waals surface area contributed by atoms with Gasteiger partial charge in [0, 0.05) is 6.42 Å². The first-order valence-electron chi connectivity index (χ1n) is 13.1. The lowest BCUT2D eigenvalue weighted by Crippen LogP contribution is -2.37. The summed E-state index contributed by atoms with van der Waals surface area (Å²) < 4.78 is 26.6. The Balaban J connectivity index is 3.64. The van der Waals surface area contributed by atoms with Gasteiger partial charge >= 0.3 is 5.97 Å². The number of likely N-dealkylation sites (N-methyl/N-ethyl adjacent to an activating group) is 1. The Bertz CT molecular complexity index is 632. The summed E-state index contributed by atoms with van der Waals surface area (Å²) in [5.74, 6) is -0.403. The molecule has 0 aromatic heterocycles. The van der Waals surface area contributed by atoms with Crippen LogP contribution in [0.5, 0.6) is 0 Å². The van der Waals surface area contributed by atoms with Crippen LogP contribution in [0.1, 0.15) is 84.0 Å². The van der Waals surface area contributed by atoms with Crippen LogP contribution in [-0.4, -0.2) is 69.2 Å². The fourth-order valence-electron chi connectivity index (χ4n) is 3.03. The Hall–Kier alpha value is -1.02. The maximum absolute atomic E-state index is 11.8. The summed E-state index contributed by atoms with van der Waals surface area (Å²) in [7, 11) is 1.24. The van der Waals surface area contributed by atoms with Gasteiger partial charge in [0.1, 0.15) is 25.9 Å². The minimum atomic E-state index is -4.49. The molecule has 0 bridgehead atoms. The number of hydrogen-bond donors (Lipinski definition) is 1. The number of phosphoric ester groups is 1. The average molecular weight is 520 g/mol. The van der Waals surface area contributed by atoms with E-state index in [9.17, 15) is 19.4 Å². The van der Waals surface area contributed by atoms with E-state index in [0.29, 0.717) is 11.0 Å². The molecule has 0 aliphatic heterocycles. The van der Waals surface area contributed by atoms with E-state index in [0.717, 1.165) is 44.9 Å². The molecule has 0 aromatic rings. The van der Waals surface area contributed by atoms with Crippen LogP contribution in [0.15, 0.2) is 24.3 Å². The molecule has 9 heteroatoms. The third kappa shape index (κ3) is 25.9. The van der Waals surface area contributed by atoms with Crippen molar-refractivity contribution >= 4 is 13.8 Å². The summed E-state index contributed by atoms with van der Waals surface area (Å²) in [6, 6.07) is 0. The van der Waals surface area contributed by atoms with Gasteiger partial charge in [-0.2, -0.15) is 0 Å². The van der Waals surface area contributed by atoms with E-state index < -0.39 is 26.5 Å². The summed E-state index contributed by atoms with van der Waals surface area (Å²) in [6.07, 6.45) is 20.2. The van der Waals surface area contributed by atoms with Gasteiger partial charge in [-0.1, -0.05) is 63.3 Å². The number of rotatable bonds is 23. The molecule has 206 valence electrons. The van der Waals surface area contributed by atoms with Crippen molar-refractivity contribution in [3.63, 3.8) is 0 Å². The molecular formula is C26H50NO7P. The molecule has 0 spiro atoms. The Kier molecular flexibility index (Phi) is 20.5. The Morgan fingerprint density at radius 3 is 2.14 bits per heavy atom. The Labute approximate surface area is 213 Å². The van der Waals surface area contributed by atoms with Gasteiger partial charge in [0.05, 0.1) is 27.7 Å². The third-order valence-electron chi connectivity index (χ3n) is 5.20. The number of allylic oxidation sites excluding steroid dienone is 4. The van der Waals surface area contributed by atoms with Gasteiger partial charge in [-0.3, -0.25) is 9.36 Å². The molecule has 0 heterocycles. The van der Waals surface area contributed by atoms with Gasteiger partial charge in [0.25, 0.3) is 7.82 Å². The Morgan fingerprint density at radius 1 is 0.914 bits per heavy atom. The van der Waals surface area contributed by atoms with Crippen molar-refractivity contribution in [3.8, 4) is 0 Å². The minimum absolute atomic E-state index is 0.0110. The highest BCUT2D eigenvalue weighted by atomic mass is 31.2. The SMILES string of the molecule is CCCCCC=CCC=CCCCCCCCC(=O)OC[C@@H](O)COP(=O)([O-])OCC[N+](C)(C)C. The molecule has 0 aromatic carbocycles. The molecule has 0 aliphatic carbocycles. The monoisotopic (exact) mass is 519 g/mol. The first-order valence-corrected chi connectivity index (χ1v) is 14.6. The number of phosphoric acid groups is 1. The number of unbranched alkanes of at least 4 members (excludes halogenated alkanes) is 8. The van der Waals surface area contributed by atoms with Crippen molar-refractivity contribution in [1.82, 2.24) is 0 Å². The molecule has 0 aliphatic rings. The number of hydrogen-bond acceptors (Lipinski definition) is 7. The highest BCUT2D eigenvalue weighted by Crippen LogP contribution is 2.38. The number of ether oxygens (including phenoxy) is 1. The lowest BCUT2D eigenvalue weighted by Gasteiger charge is -2.27. The van der Waals surface area contributed by atoms with Crippen LogP contribution in [-0.2, 0) is 23.1 Å². The fourth-order valence-corrected chi connectivity index (χ4v) is 3.77. The van der Waals surface area contributed by atoms with Gasteiger partial charge in [-0.25, -0.2) is 0 Å². The molecule has 1 N–H and O–H groups in total. The van der Waals surface area contributed by atoms with Crippen molar-refractivity contribution in [1.29, 1.82) is 0 Å². The van der Waals surface area contributed by atoms with Gasteiger partial charge < -0.3 is 28.3 Å². The van der Waals surface area contributed by atoms with Crippen LogP contribution in [0.2, 0.25) is 0 Å². The van der Waals surface area contributed by atoms with E-state index in [1.807, 2.05) is 21.1 Å². The molecule has 8 nitrogen and oxygen atoms in total. The van der Waals surface area contributed by atoms with Crippen LogP contribution in [0.3, 0.4) is 0 Å². The van der Waals surface area contributed by atoms with Gasteiger partial charge in [0.2, 0.25) is 0 Å². The van der Waals surface area contributed by atoms with Crippen LogP contribution < -0.4 is 4.89 Å². The molecule has 0 saturated carbocycles. The topological polar surface area (TPSA) is 105 Å². The van der Waals surface area contributed by atoms with Gasteiger partial charge in [-0.15, -0.1) is 0 Å². The second-order valence-electron chi connectivity index (χ2n) is 9.91. The predicted octanol–water partition coefficient (Wildman–Crippen LogP) is 4.91. The van der Waals surface area contributed by atoms with Crippen molar-refractivity contribution in [2.24, 2.45) is 0 Å². The first-order chi connectivity index (χ1) is 16.6. The first kappa shape index (κ1) is 34.0. The number of aliphatic hydroxyl groups is 1. The molecule has 0 fully saturated rings. The third-order valence-corrected chi connectivity index (χ3v) is 6.17. The zero-order valence-electron chi connectivity index (χ0n) is 22.5. The zero-order chi connectivity index (χ0) is 26.4. The quantitative estimate of drug-likeness (QED) is 0.0672. The van der Waals surface area contributed by atoms with Crippen molar-refractivity contribution in [2.75, 3.05) is 47.5 Å². The number of quaternary nitrogens is 1. The Morgan fingerprint density at radius 2 is 1.51 bits per heavy atom. The van der Waals surface area contributed by atoms with Crippen molar-refractivity contribution in [2.45, 2.75) is 90.1 Å². The van der Waals surface area contributed by atoms with E-state index >= 15 is 0 Å². The van der Waals surface area contributed by atoms with E-state index in [-0.39, 0.29) is 19.6 Å². The normalized spacial score (nSPS) is 15.0. The van der Waals surface area contributed by atoms with Crippen molar-refractivity contribution in [3.05, 3.63) is 24.3 Å². The van der Waals surface area contributed by atoms with Crippen LogP contribution in [0, 0.1) is 0 Å². The molecule has 0 amide bonds. The second-order valence-corrected chi connectivity index (χ2v) is 11.3. The molecule has 35 heavy (non-hydrogen) atoms. The fraction of sp³-hybridized carbons (Fsp3) is 0.808. The minimum Gasteiger partial charge on any atom is -0.756 e. The molecule has 0 rings (SSSR count). The predicted molar refractivity (Wildman–Crippen MR) is 139 cm³/mol.